The lowest BCUT2D eigenvalue weighted by Gasteiger charge is -2.36. The zero-order chi connectivity index (χ0) is 26.3. The Morgan fingerprint density at radius 2 is 2.03 bits per heavy atom. The first kappa shape index (κ1) is 26.1. The van der Waals surface area contributed by atoms with Gasteiger partial charge in [-0.1, -0.05) is 17.4 Å². The van der Waals surface area contributed by atoms with Gasteiger partial charge in [0, 0.05) is 24.2 Å². The smallest absolute Gasteiger partial charge is 0.410 e. The Kier molecular flexibility index (Phi) is 7.15. The molecule has 3 N–H and O–H groups in total. The van der Waals surface area contributed by atoms with Crippen molar-refractivity contribution in [3.63, 3.8) is 0 Å². The number of amides is 1. The third kappa shape index (κ3) is 5.89. The van der Waals surface area contributed by atoms with Crippen molar-refractivity contribution in [1.29, 1.82) is 0 Å². The van der Waals surface area contributed by atoms with E-state index >= 15 is 4.39 Å². The molecule has 8 nitrogen and oxygen atoms in total. The van der Waals surface area contributed by atoms with Gasteiger partial charge < -0.3 is 25.3 Å². The molecule has 196 valence electrons. The van der Waals surface area contributed by atoms with Crippen LogP contribution < -0.4 is 11.1 Å². The molecule has 2 atom stereocenters. The van der Waals surface area contributed by atoms with Crippen molar-refractivity contribution >= 4 is 34.0 Å². The molecular weight excluding hydrogens is 500 g/mol. The number of ether oxygens (including phenoxy) is 1. The van der Waals surface area contributed by atoms with Crippen molar-refractivity contribution in [2.75, 3.05) is 18.4 Å². The second-order valence-electron chi connectivity index (χ2n) is 9.66. The average molecular weight is 529 g/mol. The molecule has 0 bridgehead atoms. The number of piperidine rings is 1. The van der Waals surface area contributed by atoms with Crippen LogP contribution in [0.4, 0.5) is 28.0 Å². The van der Waals surface area contributed by atoms with Crippen molar-refractivity contribution in [1.82, 2.24) is 19.7 Å². The van der Waals surface area contributed by atoms with Crippen LogP contribution in [0.25, 0.3) is 21.6 Å². The lowest BCUT2D eigenvalue weighted by atomic mass is 10.0. The van der Waals surface area contributed by atoms with Crippen LogP contribution in [0, 0.1) is 0 Å². The highest BCUT2D eigenvalue weighted by atomic mass is 32.1. The van der Waals surface area contributed by atoms with Gasteiger partial charge in [0.15, 0.2) is 5.01 Å². The molecule has 0 radical (unpaired) electrons. The van der Waals surface area contributed by atoms with Crippen LogP contribution in [0.5, 0.6) is 0 Å². The Morgan fingerprint density at radius 3 is 2.64 bits per heavy atom. The molecule has 1 aromatic carbocycles. The van der Waals surface area contributed by atoms with E-state index in [1.54, 1.807) is 45.0 Å². The maximum absolute atomic E-state index is 15.1. The number of hydrogen-bond acceptors (Lipinski definition) is 7. The fraction of sp³-hybridized carbons (Fsp3) is 0.522. The van der Waals surface area contributed by atoms with E-state index < -0.39 is 36.6 Å². The number of carbonyl (C=O) groups excluding carboxylic acids is 1. The molecule has 0 saturated carbocycles. The van der Waals surface area contributed by atoms with Crippen LogP contribution in [0.15, 0.2) is 24.3 Å². The van der Waals surface area contributed by atoms with Crippen molar-refractivity contribution in [2.24, 2.45) is 5.73 Å². The molecule has 1 aliphatic rings. The van der Waals surface area contributed by atoms with E-state index in [0.717, 1.165) is 15.9 Å². The monoisotopic (exact) mass is 528 g/mol. The largest absolute Gasteiger partial charge is 0.444 e. The fourth-order valence-corrected chi connectivity index (χ4v) is 4.88. The van der Waals surface area contributed by atoms with Crippen molar-refractivity contribution in [3.8, 4) is 10.7 Å². The number of alkyl halides is 4. The van der Waals surface area contributed by atoms with Gasteiger partial charge in [-0.15, -0.1) is 10.2 Å². The Morgan fingerprint density at radius 1 is 1.28 bits per heavy atom. The molecule has 3 aromatic rings. The number of likely N-dealkylation sites (tertiary alicyclic amines) is 1. The molecule has 3 heterocycles. The number of halogens is 4. The third-order valence-electron chi connectivity index (χ3n) is 5.68. The van der Waals surface area contributed by atoms with Crippen LogP contribution >= 0.6 is 11.3 Å². The van der Waals surface area contributed by atoms with Crippen molar-refractivity contribution in [3.05, 3.63) is 29.3 Å². The molecule has 1 amide bonds. The van der Waals surface area contributed by atoms with Gasteiger partial charge in [0.1, 0.15) is 23.3 Å². The topological polar surface area (TPSA) is 98.3 Å². The average Bonchev–Trinajstić information content (AvgIpc) is 3.38. The van der Waals surface area contributed by atoms with Gasteiger partial charge >= 0.3 is 12.3 Å². The highest BCUT2D eigenvalue weighted by Crippen LogP contribution is 2.36. The third-order valence-corrected chi connectivity index (χ3v) is 6.65. The lowest BCUT2D eigenvalue weighted by molar-refractivity contribution is -0.139. The van der Waals surface area contributed by atoms with Gasteiger partial charge in [-0.3, -0.25) is 0 Å². The molecule has 1 aliphatic heterocycles. The number of hydrogen-bond donors (Lipinski definition) is 2. The molecule has 0 aliphatic carbocycles. The molecule has 1 saturated heterocycles. The summed E-state index contributed by atoms with van der Waals surface area (Å²) < 4.78 is 62.0. The Labute approximate surface area is 209 Å². The van der Waals surface area contributed by atoms with Gasteiger partial charge in [0.2, 0.25) is 0 Å². The minimum atomic E-state index is -4.47. The summed E-state index contributed by atoms with van der Waals surface area (Å²) in [5.74, 6) is 0. The first-order valence-corrected chi connectivity index (χ1v) is 12.3. The van der Waals surface area contributed by atoms with Crippen LogP contribution in [0.1, 0.15) is 32.2 Å². The highest BCUT2D eigenvalue weighted by Gasteiger charge is 2.35. The zero-order valence-corrected chi connectivity index (χ0v) is 20.9. The number of aromatic nitrogens is 3. The van der Waals surface area contributed by atoms with Crippen LogP contribution in [-0.4, -0.2) is 62.8 Å². The first-order valence-electron chi connectivity index (χ1n) is 11.4. The van der Waals surface area contributed by atoms with Crippen LogP contribution in [0.3, 0.4) is 0 Å². The molecular formula is C23H28F4N6O2S. The number of nitrogens with one attached hydrogen (secondary N) is 1. The SMILES string of the molecule is CC(C)(C)OC(=O)N1CC[C@@H](Nc2cccc3c2cc(-c2nnc(CN)s2)n3CC(F)(F)F)[C@@H](F)C1. The maximum atomic E-state index is 15.1. The summed E-state index contributed by atoms with van der Waals surface area (Å²) >= 11 is 1.12. The van der Waals surface area contributed by atoms with E-state index in [1.807, 2.05) is 0 Å². The second-order valence-corrected chi connectivity index (χ2v) is 10.7. The van der Waals surface area contributed by atoms with E-state index in [4.69, 9.17) is 10.5 Å². The Balaban J connectivity index is 1.61. The number of fused-ring (bicyclic) bond motifs is 1. The number of rotatable bonds is 5. The van der Waals surface area contributed by atoms with E-state index in [-0.39, 0.29) is 25.3 Å². The van der Waals surface area contributed by atoms with Crippen molar-refractivity contribution < 1.29 is 27.1 Å². The first-order chi connectivity index (χ1) is 16.8. The minimum absolute atomic E-state index is 0.129. The molecule has 2 aromatic heterocycles. The van der Waals surface area contributed by atoms with Gasteiger partial charge in [0.25, 0.3) is 0 Å². The number of nitrogens with zero attached hydrogens (tertiary/aromatic N) is 4. The summed E-state index contributed by atoms with van der Waals surface area (Å²) in [6.07, 6.45) is -6.13. The summed E-state index contributed by atoms with van der Waals surface area (Å²) in [5, 5.41) is 12.4. The summed E-state index contributed by atoms with van der Waals surface area (Å²) in [6, 6.07) is 5.87. The minimum Gasteiger partial charge on any atom is -0.444 e. The van der Waals surface area contributed by atoms with Gasteiger partial charge in [0.05, 0.1) is 23.8 Å². The Bertz CT molecular complexity index is 1240. The molecule has 0 spiro atoms. The van der Waals surface area contributed by atoms with E-state index in [2.05, 4.69) is 15.5 Å². The predicted octanol–water partition coefficient (Wildman–Crippen LogP) is 4.94. The lowest BCUT2D eigenvalue weighted by Crippen LogP contribution is -2.51. The van der Waals surface area contributed by atoms with E-state index in [1.165, 1.54) is 4.90 Å². The Hall–Kier alpha value is -2.93. The highest BCUT2D eigenvalue weighted by molar-refractivity contribution is 7.14. The van der Waals surface area contributed by atoms with E-state index in [0.29, 0.717) is 33.0 Å². The van der Waals surface area contributed by atoms with Crippen LogP contribution in [0.2, 0.25) is 0 Å². The number of anilines is 1. The molecule has 13 heteroatoms. The predicted molar refractivity (Wildman–Crippen MR) is 130 cm³/mol. The molecule has 0 unspecified atom stereocenters. The van der Waals surface area contributed by atoms with Gasteiger partial charge in [-0.25, -0.2) is 9.18 Å². The number of benzene rings is 1. The summed E-state index contributed by atoms with van der Waals surface area (Å²) in [4.78, 5) is 13.6. The van der Waals surface area contributed by atoms with Crippen molar-refractivity contribution in [2.45, 2.75) is 64.3 Å². The summed E-state index contributed by atoms with van der Waals surface area (Å²) in [6.45, 7) is 4.28. The number of nitrogens with two attached hydrogens (primary N) is 1. The summed E-state index contributed by atoms with van der Waals surface area (Å²) in [7, 11) is 0. The van der Waals surface area contributed by atoms with Crippen LogP contribution in [-0.2, 0) is 17.8 Å². The second kappa shape index (κ2) is 9.85. The molecule has 36 heavy (non-hydrogen) atoms. The number of carbonyl (C=O) groups is 1. The van der Waals surface area contributed by atoms with E-state index in [9.17, 15) is 18.0 Å². The molecule has 1 fully saturated rings. The van der Waals surface area contributed by atoms with Gasteiger partial charge in [-0.2, -0.15) is 13.2 Å². The quantitative estimate of drug-likeness (QED) is 0.456. The maximum Gasteiger partial charge on any atom is 0.410 e. The normalized spacial score (nSPS) is 19.1. The molecule has 4 rings (SSSR count). The fourth-order valence-electron chi connectivity index (χ4n) is 4.14. The standard InChI is InChI=1S/C23H28F4N6O2S/c1-22(2,3)35-21(34)32-8-7-16(14(24)11-32)29-15-5-4-6-17-13(15)9-18(33(17)12-23(25,26)27)20-31-30-19(10-28)36-20/h4-6,9,14,16,29H,7-8,10-12,28H2,1-3H3/t14-,16+/m0/s1. The zero-order valence-electron chi connectivity index (χ0n) is 20.1. The summed E-state index contributed by atoms with van der Waals surface area (Å²) in [5.41, 5.74) is 5.99. The van der Waals surface area contributed by atoms with Gasteiger partial charge in [-0.05, 0) is 45.4 Å².